The summed E-state index contributed by atoms with van der Waals surface area (Å²) in [6, 6.07) is 1.79. The zero-order valence-corrected chi connectivity index (χ0v) is 18.6. The van der Waals surface area contributed by atoms with E-state index in [1.807, 2.05) is 6.92 Å². The van der Waals surface area contributed by atoms with Gasteiger partial charge in [-0.05, 0) is 32.8 Å². The van der Waals surface area contributed by atoms with E-state index in [4.69, 9.17) is 15.0 Å². The largest absolute Gasteiger partial charge is 0.390 e. The molecule has 2 aromatic rings. The SMILES string of the molecule is CCC(C)(CC1O[C@@H](n2ccc3c(N)ncnc32)CC1O)OP(=O)(O)C(C)(O)CC. The highest BCUT2D eigenvalue weighted by atomic mass is 31.2. The minimum atomic E-state index is -4.33. The quantitative estimate of drug-likeness (QED) is 0.452. The number of rotatable bonds is 8. The molecule has 5 unspecified atom stereocenters. The monoisotopic (exact) mass is 442 g/mol. The van der Waals surface area contributed by atoms with Crippen LogP contribution in [0.5, 0.6) is 0 Å². The van der Waals surface area contributed by atoms with Crippen LogP contribution in [0.15, 0.2) is 18.6 Å². The molecule has 0 radical (unpaired) electrons. The average molecular weight is 442 g/mol. The van der Waals surface area contributed by atoms with Crippen molar-refractivity contribution in [1.29, 1.82) is 0 Å². The van der Waals surface area contributed by atoms with E-state index in [2.05, 4.69) is 9.97 Å². The Balaban J connectivity index is 1.78. The molecule has 1 aliphatic rings. The van der Waals surface area contributed by atoms with Crippen LogP contribution in [0, 0.1) is 0 Å². The van der Waals surface area contributed by atoms with Crippen LogP contribution in [-0.4, -0.2) is 52.8 Å². The molecule has 1 fully saturated rings. The Hall–Kier alpha value is -1.55. The van der Waals surface area contributed by atoms with Crippen LogP contribution in [0.1, 0.15) is 59.6 Å². The molecular weight excluding hydrogens is 411 g/mol. The molecule has 0 amide bonds. The first kappa shape index (κ1) is 23.1. The minimum absolute atomic E-state index is 0.0664. The first-order valence-corrected chi connectivity index (χ1v) is 11.7. The smallest absolute Gasteiger partial charge is 0.359 e. The van der Waals surface area contributed by atoms with Crippen molar-refractivity contribution in [1.82, 2.24) is 14.5 Å². The lowest BCUT2D eigenvalue weighted by molar-refractivity contribution is -0.0658. The number of nitrogens with two attached hydrogens (primary N) is 1. The predicted octanol–water partition coefficient (Wildman–Crippen LogP) is 2.54. The van der Waals surface area contributed by atoms with E-state index in [0.717, 1.165) is 0 Å². The van der Waals surface area contributed by atoms with E-state index in [0.29, 0.717) is 29.7 Å². The van der Waals surface area contributed by atoms with Crippen LogP contribution >= 0.6 is 7.60 Å². The molecule has 11 heteroatoms. The zero-order chi connectivity index (χ0) is 22.3. The van der Waals surface area contributed by atoms with Gasteiger partial charge in [0, 0.05) is 19.0 Å². The van der Waals surface area contributed by atoms with Gasteiger partial charge < -0.3 is 34.7 Å². The fourth-order valence-electron chi connectivity index (χ4n) is 3.56. The molecule has 0 aliphatic carbocycles. The van der Waals surface area contributed by atoms with Crippen molar-refractivity contribution in [3.05, 3.63) is 18.6 Å². The van der Waals surface area contributed by atoms with Gasteiger partial charge in [-0.2, -0.15) is 0 Å². The molecule has 1 aliphatic heterocycles. The zero-order valence-electron chi connectivity index (χ0n) is 17.7. The van der Waals surface area contributed by atoms with Gasteiger partial charge in [-0.15, -0.1) is 0 Å². The third-order valence-electron chi connectivity index (χ3n) is 6.06. The van der Waals surface area contributed by atoms with Gasteiger partial charge in [-0.3, -0.25) is 4.57 Å². The Morgan fingerprint density at radius 1 is 1.37 bits per heavy atom. The highest BCUT2D eigenvalue weighted by molar-refractivity contribution is 7.54. The van der Waals surface area contributed by atoms with Crippen LogP contribution in [0.3, 0.4) is 0 Å². The highest BCUT2D eigenvalue weighted by Gasteiger charge is 2.48. The summed E-state index contributed by atoms with van der Waals surface area (Å²) in [6.45, 7) is 6.40. The van der Waals surface area contributed by atoms with Crippen molar-refractivity contribution in [2.24, 2.45) is 0 Å². The van der Waals surface area contributed by atoms with Crippen LogP contribution in [0.2, 0.25) is 0 Å². The lowest BCUT2D eigenvalue weighted by Gasteiger charge is -2.37. The van der Waals surface area contributed by atoms with E-state index in [1.54, 1.807) is 30.7 Å². The molecule has 2 aromatic heterocycles. The maximum atomic E-state index is 12.7. The van der Waals surface area contributed by atoms with Crippen molar-refractivity contribution in [3.8, 4) is 0 Å². The second-order valence-electron chi connectivity index (χ2n) is 8.34. The van der Waals surface area contributed by atoms with Crippen molar-refractivity contribution >= 4 is 24.4 Å². The number of aliphatic hydroxyl groups is 2. The molecule has 1 saturated heterocycles. The topological polar surface area (TPSA) is 153 Å². The van der Waals surface area contributed by atoms with Gasteiger partial charge in [0.05, 0.1) is 23.2 Å². The molecule has 10 nitrogen and oxygen atoms in total. The Labute approximate surface area is 175 Å². The summed E-state index contributed by atoms with van der Waals surface area (Å²) in [4.78, 5) is 18.6. The van der Waals surface area contributed by atoms with Gasteiger partial charge in [0.2, 0.25) is 0 Å². The summed E-state index contributed by atoms with van der Waals surface area (Å²) >= 11 is 0. The summed E-state index contributed by atoms with van der Waals surface area (Å²) in [5.41, 5.74) is 5.42. The van der Waals surface area contributed by atoms with E-state index in [-0.39, 0.29) is 12.8 Å². The van der Waals surface area contributed by atoms with E-state index < -0.39 is 37.0 Å². The van der Waals surface area contributed by atoms with Crippen molar-refractivity contribution in [2.45, 2.75) is 82.8 Å². The van der Waals surface area contributed by atoms with Gasteiger partial charge in [-0.25, -0.2) is 9.97 Å². The summed E-state index contributed by atoms with van der Waals surface area (Å²) in [7, 11) is -4.33. The number of aromatic nitrogens is 3. The Morgan fingerprint density at radius 3 is 2.70 bits per heavy atom. The van der Waals surface area contributed by atoms with Crippen LogP contribution < -0.4 is 5.73 Å². The number of anilines is 1. The number of nitrogens with zero attached hydrogens (tertiary/aromatic N) is 3. The molecule has 168 valence electrons. The third kappa shape index (κ3) is 4.26. The van der Waals surface area contributed by atoms with Gasteiger partial charge in [0.1, 0.15) is 24.0 Å². The average Bonchev–Trinajstić information content (AvgIpc) is 3.25. The normalized spacial score (nSPS) is 28.2. The Kier molecular flexibility index (Phi) is 6.30. The van der Waals surface area contributed by atoms with Gasteiger partial charge in [-0.1, -0.05) is 13.8 Å². The number of nitrogen functional groups attached to an aromatic ring is 1. The standard InChI is InChI=1S/C19H31N4O6P/c1-5-18(3,29-30(26,27)19(4,25)6-2)10-14-13(24)9-15(28-14)23-8-7-12-16(20)21-11-22-17(12)23/h7-8,11,13-15,24-25H,5-6,9-10H2,1-4H3,(H,26,27)(H2,20,21,22)/t13?,14?,15-,18?,19?/m1/s1. The van der Waals surface area contributed by atoms with Gasteiger partial charge >= 0.3 is 7.60 Å². The van der Waals surface area contributed by atoms with E-state index in [1.165, 1.54) is 13.3 Å². The van der Waals surface area contributed by atoms with Crippen LogP contribution in [0.4, 0.5) is 5.82 Å². The second kappa shape index (κ2) is 8.18. The molecule has 0 aromatic carbocycles. The maximum Gasteiger partial charge on any atom is 0.359 e. The van der Waals surface area contributed by atoms with Crippen molar-refractivity contribution in [2.75, 3.05) is 5.73 Å². The van der Waals surface area contributed by atoms with Crippen molar-refractivity contribution in [3.63, 3.8) is 0 Å². The molecule has 0 spiro atoms. The molecule has 0 saturated carbocycles. The van der Waals surface area contributed by atoms with Gasteiger partial charge in [0.25, 0.3) is 0 Å². The Morgan fingerprint density at radius 2 is 2.07 bits per heavy atom. The van der Waals surface area contributed by atoms with E-state index >= 15 is 0 Å². The number of fused-ring (bicyclic) bond motifs is 1. The molecule has 30 heavy (non-hydrogen) atoms. The van der Waals surface area contributed by atoms with Gasteiger partial charge in [0.15, 0.2) is 5.34 Å². The molecule has 5 N–H and O–H groups in total. The van der Waals surface area contributed by atoms with Crippen molar-refractivity contribution < 1.29 is 28.9 Å². The molecule has 6 atom stereocenters. The lowest BCUT2D eigenvalue weighted by Crippen LogP contribution is -2.38. The number of hydrogen-bond donors (Lipinski definition) is 4. The Bertz CT molecular complexity index is 950. The first-order chi connectivity index (χ1) is 13.9. The van der Waals surface area contributed by atoms with Crippen LogP contribution in [-0.2, 0) is 13.8 Å². The predicted molar refractivity (Wildman–Crippen MR) is 112 cm³/mol. The lowest BCUT2D eigenvalue weighted by atomic mass is 9.93. The second-order valence-corrected chi connectivity index (χ2v) is 10.5. The number of hydrogen-bond acceptors (Lipinski definition) is 8. The molecule has 3 heterocycles. The first-order valence-electron chi connectivity index (χ1n) is 10.1. The summed E-state index contributed by atoms with van der Waals surface area (Å²) in [5.74, 6) is 0.363. The fraction of sp³-hybridized carbons (Fsp3) is 0.684. The third-order valence-corrected chi connectivity index (χ3v) is 8.28. The fourth-order valence-corrected chi connectivity index (χ4v) is 4.96. The van der Waals surface area contributed by atoms with Crippen LogP contribution in [0.25, 0.3) is 11.0 Å². The highest BCUT2D eigenvalue weighted by Crippen LogP contribution is 2.59. The molecular formula is C19H31N4O6P. The number of ether oxygens (including phenoxy) is 1. The summed E-state index contributed by atoms with van der Waals surface area (Å²) < 4.78 is 26.1. The summed E-state index contributed by atoms with van der Waals surface area (Å²) in [5, 5.41) is 19.7. The maximum absolute atomic E-state index is 12.7. The summed E-state index contributed by atoms with van der Waals surface area (Å²) in [6.07, 6.45) is 2.22. The minimum Gasteiger partial charge on any atom is -0.390 e. The molecule has 0 bridgehead atoms. The van der Waals surface area contributed by atoms with E-state index in [9.17, 15) is 19.7 Å². The number of aliphatic hydroxyl groups excluding tert-OH is 1. The molecule has 3 rings (SSSR count).